The predicted octanol–water partition coefficient (Wildman–Crippen LogP) is 5.18. The number of carboxylic acids is 1. The van der Waals surface area contributed by atoms with Gasteiger partial charge in [-0.2, -0.15) is 5.26 Å². The third-order valence-electron chi connectivity index (χ3n) is 4.96. The van der Waals surface area contributed by atoms with Crippen molar-refractivity contribution in [1.82, 2.24) is 4.98 Å². The van der Waals surface area contributed by atoms with Gasteiger partial charge in [0, 0.05) is 16.8 Å². The van der Waals surface area contributed by atoms with Crippen LogP contribution in [0, 0.1) is 18.3 Å². The molecule has 3 aromatic rings. The number of hydrogen-bond acceptors (Lipinski definition) is 4. The largest absolute Gasteiger partial charge is 0.478 e. The van der Waals surface area contributed by atoms with Crippen LogP contribution in [0.3, 0.4) is 0 Å². The number of nitriles is 1. The highest BCUT2D eigenvalue weighted by Crippen LogP contribution is 2.27. The van der Waals surface area contributed by atoms with Gasteiger partial charge in [0.1, 0.15) is 0 Å². The SMILES string of the molecule is Cc1ncc(NC(=O)c2cc(C#N)cc(C(C)(C)C)c2)cc1-c1cccc(C(=O)O)c1. The summed E-state index contributed by atoms with van der Waals surface area (Å²) in [7, 11) is 0. The summed E-state index contributed by atoms with van der Waals surface area (Å²) < 4.78 is 0. The number of anilines is 1. The quantitative estimate of drug-likeness (QED) is 0.614. The van der Waals surface area contributed by atoms with Gasteiger partial charge >= 0.3 is 5.97 Å². The molecule has 1 heterocycles. The van der Waals surface area contributed by atoms with Crippen molar-refractivity contribution in [3.05, 3.63) is 82.7 Å². The van der Waals surface area contributed by atoms with Gasteiger partial charge in [-0.05, 0) is 59.9 Å². The number of aromatic carboxylic acids is 1. The van der Waals surface area contributed by atoms with Crippen molar-refractivity contribution in [2.45, 2.75) is 33.1 Å². The molecule has 0 aliphatic rings. The van der Waals surface area contributed by atoms with Crippen molar-refractivity contribution in [2.24, 2.45) is 0 Å². The molecule has 0 bridgehead atoms. The van der Waals surface area contributed by atoms with Gasteiger partial charge in [0.2, 0.25) is 0 Å². The monoisotopic (exact) mass is 413 g/mol. The molecular weight excluding hydrogens is 390 g/mol. The second-order valence-electron chi connectivity index (χ2n) is 8.36. The van der Waals surface area contributed by atoms with Crippen LogP contribution >= 0.6 is 0 Å². The zero-order valence-corrected chi connectivity index (χ0v) is 17.9. The minimum atomic E-state index is -1.01. The third-order valence-corrected chi connectivity index (χ3v) is 4.96. The first-order chi connectivity index (χ1) is 14.6. The Morgan fingerprint density at radius 1 is 1.06 bits per heavy atom. The molecule has 0 aliphatic carbocycles. The van der Waals surface area contributed by atoms with E-state index in [1.54, 1.807) is 48.7 Å². The lowest BCUT2D eigenvalue weighted by molar-refractivity contribution is 0.0696. The van der Waals surface area contributed by atoms with Crippen molar-refractivity contribution in [1.29, 1.82) is 5.26 Å². The summed E-state index contributed by atoms with van der Waals surface area (Å²) in [4.78, 5) is 28.6. The maximum atomic E-state index is 12.9. The average Bonchev–Trinajstić information content (AvgIpc) is 2.74. The van der Waals surface area contributed by atoms with E-state index in [2.05, 4.69) is 16.4 Å². The maximum absolute atomic E-state index is 12.9. The Morgan fingerprint density at radius 2 is 1.81 bits per heavy atom. The Morgan fingerprint density at radius 3 is 2.45 bits per heavy atom. The summed E-state index contributed by atoms with van der Waals surface area (Å²) in [6, 6.07) is 15.6. The number of carboxylic acid groups (broad SMARTS) is 1. The molecule has 6 nitrogen and oxygen atoms in total. The van der Waals surface area contributed by atoms with Crippen LogP contribution < -0.4 is 5.32 Å². The smallest absolute Gasteiger partial charge is 0.335 e. The van der Waals surface area contributed by atoms with Crippen LogP contribution in [0.4, 0.5) is 5.69 Å². The van der Waals surface area contributed by atoms with Crippen molar-refractivity contribution in [2.75, 3.05) is 5.32 Å². The van der Waals surface area contributed by atoms with E-state index in [-0.39, 0.29) is 16.9 Å². The second kappa shape index (κ2) is 8.41. The molecule has 0 saturated heterocycles. The molecule has 0 spiro atoms. The number of rotatable bonds is 4. The Labute approximate surface area is 181 Å². The molecule has 0 saturated carbocycles. The van der Waals surface area contributed by atoms with Crippen LogP contribution in [0.5, 0.6) is 0 Å². The lowest BCUT2D eigenvalue weighted by Gasteiger charge is -2.20. The molecule has 0 fully saturated rings. The molecule has 31 heavy (non-hydrogen) atoms. The minimum absolute atomic E-state index is 0.175. The summed E-state index contributed by atoms with van der Waals surface area (Å²) in [5.74, 6) is -1.36. The Balaban J connectivity index is 1.95. The van der Waals surface area contributed by atoms with Gasteiger partial charge in [-0.3, -0.25) is 9.78 Å². The number of carbonyl (C=O) groups excluding carboxylic acids is 1. The van der Waals surface area contributed by atoms with Gasteiger partial charge in [0.05, 0.1) is 29.1 Å². The van der Waals surface area contributed by atoms with Crippen LogP contribution in [0.2, 0.25) is 0 Å². The summed E-state index contributed by atoms with van der Waals surface area (Å²) in [5, 5.41) is 21.4. The number of amides is 1. The molecule has 0 atom stereocenters. The number of nitrogens with one attached hydrogen (secondary N) is 1. The number of aromatic nitrogens is 1. The van der Waals surface area contributed by atoms with E-state index in [1.165, 1.54) is 6.07 Å². The first-order valence-electron chi connectivity index (χ1n) is 9.76. The highest BCUT2D eigenvalue weighted by molar-refractivity contribution is 6.05. The van der Waals surface area contributed by atoms with Crippen molar-refractivity contribution in [3.63, 3.8) is 0 Å². The molecule has 3 rings (SSSR count). The van der Waals surface area contributed by atoms with Gasteiger partial charge in [-0.15, -0.1) is 0 Å². The lowest BCUT2D eigenvalue weighted by atomic mass is 9.85. The first-order valence-corrected chi connectivity index (χ1v) is 9.76. The van der Waals surface area contributed by atoms with Crippen LogP contribution in [-0.2, 0) is 5.41 Å². The average molecular weight is 413 g/mol. The Hall–Kier alpha value is -3.98. The van der Waals surface area contributed by atoms with E-state index < -0.39 is 5.97 Å². The standard InChI is InChI=1S/C25H23N3O3/c1-15-22(17-6-5-7-18(10-17)24(30)31)12-21(14-27-15)28-23(29)19-8-16(13-26)9-20(11-19)25(2,3)4/h5-12,14H,1-4H3,(H,28,29)(H,30,31). The molecule has 2 aromatic carbocycles. The maximum Gasteiger partial charge on any atom is 0.335 e. The van der Waals surface area contributed by atoms with E-state index in [0.717, 1.165) is 11.1 Å². The fourth-order valence-corrected chi connectivity index (χ4v) is 3.17. The van der Waals surface area contributed by atoms with Gasteiger partial charge in [-0.1, -0.05) is 32.9 Å². The fourth-order valence-electron chi connectivity index (χ4n) is 3.17. The first kappa shape index (κ1) is 21.7. The molecule has 1 amide bonds. The minimum Gasteiger partial charge on any atom is -0.478 e. The highest BCUT2D eigenvalue weighted by atomic mass is 16.4. The molecule has 0 unspecified atom stereocenters. The molecule has 2 N–H and O–H groups in total. The molecule has 1 aromatic heterocycles. The molecule has 0 aliphatic heterocycles. The molecule has 0 radical (unpaired) electrons. The summed E-state index contributed by atoms with van der Waals surface area (Å²) in [5.41, 5.74) is 4.27. The zero-order valence-electron chi connectivity index (χ0n) is 17.9. The van der Waals surface area contributed by atoms with Crippen LogP contribution in [0.1, 0.15) is 58.3 Å². The van der Waals surface area contributed by atoms with Gasteiger partial charge < -0.3 is 10.4 Å². The zero-order chi connectivity index (χ0) is 22.8. The lowest BCUT2D eigenvalue weighted by Crippen LogP contribution is -2.16. The highest BCUT2D eigenvalue weighted by Gasteiger charge is 2.18. The number of carbonyl (C=O) groups is 2. The van der Waals surface area contributed by atoms with Crippen molar-refractivity contribution in [3.8, 4) is 17.2 Å². The summed E-state index contributed by atoms with van der Waals surface area (Å²) in [6.07, 6.45) is 1.55. The van der Waals surface area contributed by atoms with E-state index in [4.69, 9.17) is 0 Å². The van der Waals surface area contributed by atoms with E-state index in [9.17, 15) is 20.0 Å². The molecule has 156 valence electrons. The fraction of sp³-hybridized carbons (Fsp3) is 0.200. The second-order valence-corrected chi connectivity index (χ2v) is 8.36. The van der Waals surface area contributed by atoms with E-state index in [1.807, 2.05) is 27.7 Å². The van der Waals surface area contributed by atoms with E-state index >= 15 is 0 Å². The number of pyridine rings is 1. The topological polar surface area (TPSA) is 103 Å². The number of benzene rings is 2. The Bertz CT molecular complexity index is 1220. The Kier molecular flexibility index (Phi) is 5.89. The summed E-state index contributed by atoms with van der Waals surface area (Å²) >= 11 is 0. The van der Waals surface area contributed by atoms with Gasteiger partial charge in [0.15, 0.2) is 0 Å². The van der Waals surface area contributed by atoms with Crippen molar-refractivity contribution >= 4 is 17.6 Å². The molecular formula is C25H23N3O3. The number of hydrogen-bond donors (Lipinski definition) is 2. The normalized spacial score (nSPS) is 10.9. The van der Waals surface area contributed by atoms with Gasteiger partial charge in [0.25, 0.3) is 5.91 Å². The van der Waals surface area contributed by atoms with E-state index in [0.29, 0.717) is 28.1 Å². The van der Waals surface area contributed by atoms with Crippen LogP contribution in [0.15, 0.2) is 54.7 Å². The van der Waals surface area contributed by atoms with Gasteiger partial charge in [-0.25, -0.2) is 4.79 Å². The number of nitrogens with zero attached hydrogens (tertiary/aromatic N) is 2. The predicted molar refractivity (Wildman–Crippen MR) is 119 cm³/mol. The molecule has 6 heteroatoms. The van der Waals surface area contributed by atoms with Crippen molar-refractivity contribution < 1.29 is 14.7 Å². The summed E-state index contributed by atoms with van der Waals surface area (Å²) in [6.45, 7) is 7.88. The number of aryl methyl sites for hydroxylation is 1. The van der Waals surface area contributed by atoms with Crippen LogP contribution in [-0.4, -0.2) is 22.0 Å². The third kappa shape index (κ3) is 4.96. The van der Waals surface area contributed by atoms with Crippen LogP contribution in [0.25, 0.3) is 11.1 Å².